The van der Waals surface area contributed by atoms with E-state index in [9.17, 15) is 4.79 Å². The molecule has 0 unspecified atom stereocenters. The maximum absolute atomic E-state index is 10.8. The fourth-order valence-electron chi connectivity index (χ4n) is 2.12. The van der Waals surface area contributed by atoms with Gasteiger partial charge in [-0.05, 0) is 45.6 Å². The van der Waals surface area contributed by atoms with Crippen molar-refractivity contribution in [2.24, 2.45) is 0 Å². The summed E-state index contributed by atoms with van der Waals surface area (Å²) >= 11 is 9.47. The van der Waals surface area contributed by atoms with E-state index in [0.717, 1.165) is 16.5 Å². The fourth-order valence-corrected chi connectivity index (χ4v) is 3.11. The molecule has 2 rings (SSSR count). The molecule has 1 N–H and O–H groups in total. The van der Waals surface area contributed by atoms with E-state index < -0.39 is 5.97 Å². The summed E-state index contributed by atoms with van der Waals surface area (Å²) < 4.78 is 6.60. The molecule has 0 heterocycles. The molecule has 2 aromatic rings. The first-order valence-corrected chi connectivity index (χ1v) is 8.10. The number of hydrogen-bond donors (Lipinski definition) is 1. The predicted octanol–water partition coefficient (Wildman–Crippen LogP) is 4.74. The molecule has 0 amide bonds. The van der Waals surface area contributed by atoms with Crippen LogP contribution in [0.2, 0.25) is 5.02 Å². The zero-order chi connectivity index (χ0) is 15.9. The number of halogens is 2. The molecule has 22 heavy (non-hydrogen) atoms. The number of carboxylic acids is 1. The molecule has 0 aliphatic rings. The van der Waals surface area contributed by atoms with Crippen LogP contribution in [0.25, 0.3) is 0 Å². The molecule has 0 saturated heterocycles. The summed E-state index contributed by atoms with van der Waals surface area (Å²) in [6, 6.07) is 13.6. The summed E-state index contributed by atoms with van der Waals surface area (Å²) in [5.74, 6) is -0.173. The molecule has 2 aromatic carbocycles. The van der Waals surface area contributed by atoms with Crippen LogP contribution in [-0.2, 0) is 17.6 Å². The van der Waals surface area contributed by atoms with Gasteiger partial charge in [-0.2, -0.15) is 0 Å². The van der Waals surface area contributed by atoms with Crippen LogP contribution in [0, 0.1) is 0 Å². The third kappa shape index (κ3) is 5.04. The van der Waals surface area contributed by atoms with Gasteiger partial charge in [0.15, 0.2) is 0 Å². The van der Waals surface area contributed by atoms with Crippen molar-refractivity contribution in [3.05, 3.63) is 63.1 Å². The van der Waals surface area contributed by atoms with E-state index in [1.807, 2.05) is 30.3 Å². The quantitative estimate of drug-likeness (QED) is 0.751. The molecule has 3 nitrogen and oxygen atoms in total. The van der Waals surface area contributed by atoms with Gasteiger partial charge < -0.3 is 9.84 Å². The van der Waals surface area contributed by atoms with E-state index in [0.29, 0.717) is 23.8 Å². The standard InChI is InChI=1S/C17H16BrClO3/c18-15-11-14(19)10-13(6-7-16(20)21)17(15)22-9-8-12-4-2-1-3-5-12/h1-5,10-11H,6-9H2,(H,20,21). The Morgan fingerprint density at radius 1 is 1.18 bits per heavy atom. The van der Waals surface area contributed by atoms with Gasteiger partial charge in [-0.1, -0.05) is 41.9 Å². The lowest BCUT2D eigenvalue weighted by Crippen LogP contribution is -2.05. The van der Waals surface area contributed by atoms with Gasteiger partial charge in [0.25, 0.3) is 0 Å². The van der Waals surface area contributed by atoms with E-state index in [1.165, 1.54) is 5.56 Å². The highest BCUT2D eigenvalue weighted by Crippen LogP contribution is 2.33. The van der Waals surface area contributed by atoms with Gasteiger partial charge in [-0.3, -0.25) is 4.79 Å². The molecule has 0 aliphatic heterocycles. The summed E-state index contributed by atoms with van der Waals surface area (Å²) in [7, 11) is 0. The van der Waals surface area contributed by atoms with Crippen molar-refractivity contribution < 1.29 is 14.6 Å². The summed E-state index contributed by atoms with van der Waals surface area (Å²) in [6.07, 6.45) is 1.21. The second-order valence-corrected chi connectivity index (χ2v) is 6.14. The fraction of sp³-hybridized carbons (Fsp3) is 0.235. The van der Waals surface area contributed by atoms with Gasteiger partial charge in [0.1, 0.15) is 5.75 Å². The molecule has 0 aliphatic carbocycles. The summed E-state index contributed by atoms with van der Waals surface area (Å²) in [6.45, 7) is 0.518. The first-order valence-electron chi connectivity index (χ1n) is 6.92. The molecule has 0 radical (unpaired) electrons. The van der Waals surface area contributed by atoms with Crippen LogP contribution in [0.5, 0.6) is 5.75 Å². The van der Waals surface area contributed by atoms with Gasteiger partial charge >= 0.3 is 5.97 Å². The normalized spacial score (nSPS) is 10.5. The van der Waals surface area contributed by atoms with Crippen LogP contribution < -0.4 is 4.74 Å². The molecular weight excluding hydrogens is 368 g/mol. The topological polar surface area (TPSA) is 46.5 Å². The number of ether oxygens (including phenoxy) is 1. The third-order valence-corrected chi connectivity index (χ3v) is 3.98. The summed E-state index contributed by atoms with van der Waals surface area (Å²) in [5, 5.41) is 9.40. The minimum Gasteiger partial charge on any atom is -0.492 e. The first-order chi connectivity index (χ1) is 10.6. The number of benzene rings is 2. The average Bonchev–Trinajstić information content (AvgIpc) is 2.48. The lowest BCUT2D eigenvalue weighted by Gasteiger charge is -2.14. The highest BCUT2D eigenvalue weighted by molar-refractivity contribution is 9.10. The minimum atomic E-state index is -0.841. The van der Waals surface area contributed by atoms with Crippen molar-refractivity contribution >= 4 is 33.5 Å². The predicted molar refractivity (Wildman–Crippen MR) is 90.7 cm³/mol. The Balaban J connectivity index is 2.06. The van der Waals surface area contributed by atoms with Crippen LogP contribution in [0.3, 0.4) is 0 Å². The Labute approximate surface area is 143 Å². The first kappa shape index (κ1) is 16.8. The van der Waals surface area contributed by atoms with E-state index in [-0.39, 0.29) is 6.42 Å². The molecule has 5 heteroatoms. The number of hydrogen-bond acceptors (Lipinski definition) is 2. The highest BCUT2D eigenvalue weighted by Gasteiger charge is 2.12. The Hall–Kier alpha value is -1.52. The Morgan fingerprint density at radius 2 is 1.91 bits per heavy atom. The number of carboxylic acid groups (broad SMARTS) is 1. The van der Waals surface area contributed by atoms with Crippen molar-refractivity contribution in [3.8, 4) is 5.75 Å². The van der Waals surface area contributed by atoms with Crippen LogP contribution >= 0.6 is 27.5 Å². The van der Waals surface area contributed by atoms with E-state index in [4.69, 9.17) is 21.4 Å². The molecule has 116 valence electrons. The van der Waals surface area contributed by atoms with Gasteiger partial charge in [0.05, 0.1) is 11.1 Å². The average molecular weight is 384 g/mol. The molecule has 0 saturated carbocycles. The number of rotatable bonds is 7. The highest BCUT2D eigenvalue weighted by atomic mass is 79.9. The maximum Gasteiger partial charge on any atom is 0.303 e. The smallest absolute Gasteiger partial charge is 0.303 e. The Morgan fingerprint density at radius 3 is 2.59 bits per heavy atom. The van der Waals surface area contributed by atoms with Gasteiger partial charge in [0, 0.05) is 17.9 Å². The maximum atomic E-state index is 10.8. The third-order valence-electron chi connectivity index (χ3n) is 3.17. The molecule has 0 bridgehead atoms. The Bertz CT molecular complexity index is 644. The molecule has 0 aromatic heterocycles. The SMILES string of the molecule is O=C(O)CCc1cc(Cl)cc(Br)c1OCCc1ccccc1. The summed E-state index contributed by atoms with van der Waals surface area (Å²) in [5.41, 5.74) is 1.99. The van der Waals surface area contributed by atoms with Crippen molar-refractivity contribution in [3.63, 3.8) is 0 Å². The van der Waals surface area contributed by atoms with Crippen molar-refractivity contribution in [2.45, 2.75) is 19.3 Å². The van der Waals surface area contributed by atoms with Gasteiger partial charge in [-0.25, -0.2) is 0 Å². The second kappa shape index (κ2) is 8.20. The van der Waals surface area contributed by atoms with E-state index >= 15 is 0 Å². The molecule has 0 atom stereocenters. The van der Waals surface area contributed by atoms with Gasteiger partial charge in [0.2, 0.25) is 0 Å². The summed E-state index contributed by atoms with van der Waals surface area (Å²) in [4.78, 5) is 10.8. The molecular formula is C17H16BrClO3. The lowest BCUT2D eigenvalue weighted by atomic mass is 10.1. The van der Waals surface area contributed by atoms with Crippen LogP contribution in [0.4, 0.5) is 0 Å². The second-order valence-electron chi connectivity index (χ2n) is 4.85. The van der Waals surface area contributed by atoms with Crippen molar-refractivity contribution in [2.75, 3.05) is 6.61 Å². The van der Waals surface area contributed by atoms with Crippen LogP contribution in [0.1, 0.15) is 17.5 Å². The molecule has 0 spiro atoms. The number of aryl methyl sites for hydroxylation is 1. The minimum absolute atomic E-state index is 0.0435. The lowest BCUT2D eigenvalue weighted by molar-refractivity contribution is -0.136. The zero-order valence-electron chi connectivity index (χ0n) is 11.9. The zero-order valence-corrected chi connectivity index (χ0v) is 14.2. The largest absolute Gasteiger partial charge is 0.492 e. The van der Waals surface area contributed by atoms with Crippen LogP contribution in [0.15, 0.2) is 46.9 Å². The van der Waals surface area contributed by atoms with Crippen molar-refractivity contribution in [1.82, 2.24) is 0 Å². The number of aliphatic carboxylic acids is 1. The van der Waals surface area contributed by atoms with E-state index in [2.05, 4.69) is 15.9 Å². The molecule has 0 fully saturated rings. The Kier molecular flexibility index (Phi) is 6.28. The monoisotopic (exact) mass is 382 g/mol. The van der Waals surface area contributed by atoms with Crippen LogP contribution in [-0.4, -0.2) is 17.7 Å². The van der Waals surface area contributed by atoms with E-state index in [1.54, 1.807) is 12.1 Å². The van der Waals surface area contributed by atoms with Crippen molar-refractivity contribution in [1.29, 1.82) is 0 Å². The van der Waals surface area contributed by atoms with Gasteiger partial charge in [-0.15, -0.1) is 0 Å². The number of carbonyl (C=O) groups is 1.